The smallest absolute Gasteiger partial charge is 0.309 e. The van der Waals surface area contributed by atoms with Gasteiger partial charge in [-0.25, -0.2) is 8.42 Å². The average Bonchev–Trinajstić information content (AvgIpc) is 3.18. The maximum atomic E-state index is 12.9. The van der Waals surface area contributed by atoms with E-state index in [0.29, 0.717) is 12.1 Å². The van der Waals surface area contributed by atoms with E-state index in [-0.39, 0.29) is 10.8 Å². The molecule has 6 nitrogen and oxygen atoms in total. The SMILES string of the molecule is CCCCNC(=O)C(=O)NC[C@@H](c1ccccc1)S(=O)(=O)c1cccs1. The predicted molar refractivity (Wildman–Crippen MR) is 102 cm³/mol. The first kappa shape index (κ1) is 20.1. The Balaban J connectivity index is 2.14. The molecule has 2 amide bonds. The van der Waals surface area contributed by atoms with Crippen LogP contribution in [0.4, 0.5) is 0 Å². The van der Waals surface area contributed by atoms with Gasteiger partial charge in [-0.3, -0.25) is 9.59 Å². The van der Waals surface area contributed by atoms with Gasteiger partial charge in [0.2, 0.25) is 0 Å². The molecule has 0 saturated carbocycles. The summed E-state index contributed by atoms with van der Waals surface area (Å²) in [5.74, 6) is -1.58. The number of carbonyl (C=O) groups excluding carboxylic acids is 2. The zero-order valence-corrected chi connectivity index (χ0v) is 16.1. The second-order valence-corrected chi connectivity index (χ2v) is 9.00. The molecule has 1 aromatic heterocycles. The molecule has 0 fully saturated rings. The predicted octanol–water partition coefficient (Wildman–Crippen LogP) is 2.30. The van der Waals surface area contributed by atoms with E-state index in [1.807, 2.05) is 6.92 Å². The van der Waals surface area contributed by atoms with Gasteiger partial charge in [-0.1, -0.05) is 49.7 Å². The summed E-state index contributed by atoms with van der Waals surface area (Å²) in [6, 6.07) is 11.9. The Morgan fingerprint density at radius 2 is 1.73 bits per heavy atom. The van der Waals surface area contributed by atoms with Crippen LogP contribution in [-0.4, -0.2) is 33.3 Å². The van der Waals surface area contributed by atoms with Gasteiger partial charge in [0.15, 0.2) is 9.84 Å². The quantitative estimate of drug-likeness (QED) is 0.531. The van der Waals surface area contributed by atoms with Crippen molar-refractivity contribution < 1.29 is 18.0 Å². The van der Waals surface area contributed by atoms with Crippen LogP contribution in [0.5, 0.6) is 0 Å². The summed E-state index contributed by atoms with van der Waals surface area (Å²) in [7, 11) is -3.68. The highest BCUT2D eigenvalue weighted by Crippen LogP contribution is 2.30. The molecule has 1 heterocycles. The molecular weight excluding hydrogens is 372 g/mol. The molecule has 140 valence electrons. The van der Waals surface area contributed by atoms with Crippen LogP contribution < -0.4 is 10.6 Å². The van der Waals surface area contributed by atoms with Gasteiger partial charge in [-0.15, -0.1) is 11.3 Å². The van der Waals surface area contributed by atoms with Crippen LogP contribution in [-0.2, 0) is 19.4 Å². The summed E-state index contributed by atoms with van der Waals surface area (Å²) in [6.07, 6.45) is 1.68. The monoisotopic (exact) mass is 394 g/mol. The van der Waals surface area contributed by atoms with Crippen molar-refractivity contribution in [2.24, 2.45) is 0 Å². The van der Waals surface area contributed by atoms with Crippen molar-refractivity contribution in [1.82, 2.24) is 10.6 Å². The molecule has 0 aliphatic carbocycles. The summed E-state index contributed by atoms with van der Waals surface area (Å²) in [5, 5.41) is 5.69. The largest absolute Gasteiger partial charge is 0.348 e. The van der Waals surface area contributed by atoms with Crippen molar-refractivity contribution >= 4 is 33.0 Å². The van der Waals surface area contributed by atoms with Crippen LogP contribution >= 0.6 is 11.3 Å². The molecule has 0 saturated heterocycles. The molecule has 0 aliphatic rings. The number of benzene rings is 1. The highest BCUT2D eigenvalue weighted by atomic mass is 32.2. The van der Waals surface area contributed by atoms with E-state index in [4.69, 9.17) is 0 Å². The van der Waals surface area contributed by atoms with Crippen LogP contribution in [0.25, 0.3) is 0 Å². The minimum atomic E-state index is -3.68. The van der Waals surface area contributed by atoms with Gasteiger partial charge in [0.1, 0.15) is 9.46 Å². The number of unbranched alkanes of at least 4 members (excludes halogenated alkanes) is 1. The van der Waals surface area contributed by atoms with Gasteiger partial charge < -0.3 is 10.6 Å². The summed E-state index contributed by atoms with van der Waals surface area (Å²) >= 11 is 1.13. The Hall–Kier alpha value is -2.19. The highest BCUT2D eigenvalue weighted by Gasteiger charge is 2.31. The molecule has 1 atom stereocenters. The Labute approximate surface area is 157 Å². The zero-order chi connectivity index (χ0) is 19.0. The van der Waals surface area contributed by atoms with Gasteiger partial charge in [-0.2, -0.15) is 0 Å². The molecule has 0 aliphatic heterocycles. The van der Waals surface area contributed by atoms with Crippen LogP contribution in [0.3, 0.4) is 0 Å². The Morgan fingerprint density at radius 1 is 1.04 bits per heavy atom. The topological polar surface area (TPSA) is 92.3 Å². The number of hydrogen-bond donors (Lipinski definition) is 2. The molecule has 0 unspecified atom stereocenters. The Morgan fingerprint density at radius 3 is 2.35 bits per heavy atom. The molecule has 0 bridgehead atoms. The van der Waals surface area contributed by atoms with E-state index in [1.165, 1.54) is 6.07 Å². The minimum Gasteiger partial charge on any atom is -0.348 e. The fraction of sp³-hybridized carbons (Fsp3) is 0.333. The zero-order valence-electron chi connectivity index (χ0n) is 14.5. The fourth-order valence-electron chi connectivity index (χ4n) is 2.36. The van der Waals surface area contributed by atoms with Crippen molar-refractivity contribution in [2.45, 2.75) is 29.2 Å². The number of rotatable bonds is 8. The van der Waals surface area contributed by atoms with Crippen molar-refractivity contribution in [2.75, 3.05) is 13.1 Å². The Bertz CT molecular complexity index is 818. The lowest BCUT2D eigenvalue weighted by Crippen LogP contribution is -2.42. The first-order valence-corrected chi connectivity index (χ1v) is 10.8. The van der Waals surface area contributed by atoms with E-state index in [1.54, 1.807) is 41.8 Å². The molecule has 8 heteroatoms. The molecule has 0 spiro atoms. The third-order valence-electron chi connectivity index (χ3n) is 3.79. The summed E-state index contributed by atoms with van der Waals surface area (Å²) in [6.45, 7) is 2.22. The molecule has 1 aromatic carbocycles. The van der Waals surface area contributed by atoms with Crippen molar-refractivity contribution in [1.29, 1.82) is 0 Å². The van der Waals surface area contributed by atoms with Crippen molar-refractivity contribution in [3.8, 4) is 0 Å². The van der Waals surface area contributed by atoms with E-state index in [0.717, 1.165) is 24.2 Å². The van der Waals surface area contributed by atoms with E-state index < -0.39 is 26.9 Å². The first-order chi connectivity index (χ1) is 12.5. The summed E-state index contributed by atoms with van der Waals surface area (Å²) in [5.41, 5.74) is 0.563. The lowest BCUT2D eigenvalue weighted by Gasteiger charge is -2.18. The normalized spacial score (nSPS) is 12.3. The number of hydrogen-bond acceptors (Lipinski definition) is 5. The molecule has 2 rings (SSSR count). The van der Waals surface area contributed by atoms with E-state index in [9.17, 15) is 18.0 Å². The van der Waals surface area contributed by atoms with Gasteiger partial charge in [0.25, 0.3) is 0 Å². The second-order valence-electron chi connectivity index (χ2n) is 5.70. The van der Waals surface area contributed by atoms with Crippen LogP contribution in [0.15, 0.2) is 52.1 Å². The first-order valence-electron chi connectivity index (χ1n) is 8.35. The number of sulfone groups is 1. The minimum absolute atomic E-state index is 0.176. The van der Waals surface area contributed by atoms with Crippen molar-refractivity contribution in [3.05, 3.63) is 53.4 Å². The van der Waals surface area contributed by atoms with Crippen molar-refractivity contribution in [3.63, 3.8) is 0 Å². The molecule has 0 radical (unpaired) electrons. The number of nitrogens with one attached hydrogen (secondary N) is 2. The average molecular weight is 395 g/mol. The fourth-order valence-corrected chi connectivity index (χ4v) is 5.23. The molecule has 2 aromatic rings. The van der Waals surface area contributed by atoms with E-state index in [2.05, 4.69) is 10.6 Å². The lowest BCUT2D eigenvalue weighted by atomic mass is 10.1. The van der Waals surface area contributed by atoms with Gasteiger partial charge >= 0.3 is 11.8 Å². The molecule has 2 N–H and O–H groups in total. The lowest BCUT2D eigenvalue weighted by molar-refractivity contribution is -0.139. The van der Waals surface area contributed by atoms with Gasteiger partial charge in [-0.05, 0) is 23.4 Å². The third-order valence-corrected chi connectivity index (χ3v) is 7.32. The molecular formula is C18H22N2O4S2. The number of thiophene rings is 1. The standard InChI is InChI=1S/C18H22N2O4S2/c1-2-3-11-19-17(21)18(22)20-13-15(14-8-5-4-6-9-14)26(23,24)16-10-7-12-25-16/h4-10,12,15H,2-3,11,13H2,1H3,(H,19,21)(H,20,22)/t15-/m0/s1. The maximum Gasteiger partial charge on any atom is 0.309 e. The second kappa shape index (κ2) is 9.49. The van der Waals surface area contributed by atoms with Crippen LogP contribution in [0.2, 0.25) is 0 Å². The number of amides is 2. The summed E-state index contributed by atoms with van der Waals surface area (Å²) in [4.78, 5) is 23.7. The third kappa shape index (κ3) is 5.15. The van der Waals surface area contributed by atoms with Gasteiger partial charge in [0.05, 0.1) is 0 Å². The highest BCUT2D eigenvalue weighted by molar-refractivity contribution is 7.93. The Kier molecular flexibility index (Phi) is 7.35. The summed E-state index contributed by atoms with van der Waals surface area (Å²) < 4.78 is 26.1. The van der Waals surface area contributed by atoms with Crippen LogP contribution in [0.1, 0.15) is 30.6 Å². The van der Waals surface area contributed by atoms with Gasteiger partial charge in [0, 0.05) is 13.1 Å². The molecule has 26 heavy (non-hydrogen) atoms. The van der Waals surface area contributed by atoms with Crippen LogP contribution in [0, 0.1) is 0 Å². The number of carbonyl (C=O) groups is 2. The maximum absolute atomic E-state index is 12.9. The van der Waals surface area contributed by atoms with E-state index >= 15 is 0 Å².